The largest absolute Gasteiger partial charge is 0.396 e. The molecule has 1 atom stereocenters. The van der Waals surface area contributed by atoms with E-state index in [4.69, 9.17) is 10.9 Å². The molecular weight excluding hydrogens is 262 g/mol. The van der Waals surface area contributed by atoms with Gasteiger partial charge in [0, 0.05) is 29.4 Å². The average molecular weight is 277 g/mol. The van der Waals surface area contributed by atoms with E-state index in [9.17, 15) is 12.6 Å². The van der Waals surface area contributed by atoms with E-state index in [0.717, 1.165) is 0 Å². The van der Waals surface area contributed by atoms with Gasteiger partial charge in [-0.15, -0.1) is 0 Å². The van der Waals surface area contributed by atoms with Gasteiger partial charge in [-0.25, -0.2) is 13.6 Å². The summed E-state index contributed by atoms with van der Waals surface area (Å²) in [5.74, 6) is 0.457. The minimum absolute atomic E-state index is 0.0804. The molecule has 1 aromatic rings. The standard InChI is InChI=1S/C9H15N3O3S2/c1-16(13)6-5-12-7-3-2-4-8(9(7)10)17(11,14)15/h2-4,12H,5-6,10H2,1H3,(H2,11,14,15). The summed E-state index contributed by atoms with van der Waals surface area (Å²) in [6, 6.07) is 4.53. The van der Waals surface area contributed by atoms with Crippen molar-refractivity contribution in [3.05, 3.63) is 18.2 Å². The van der Waals surface area contributed by atoms with Gasteiger partial charge in [0.25, 0.3) is 0 Å². The number of benzene rings is 1. The lowest BCUT2D eigenvalue weighted by molar-refractivity contribution is 0.598. The molecule has 1 rings (SSSR count). The fraction of sp³-hybridized carbons (Fsp3) is 0.333. The Labute approximate surface area is 103 Å². The smallest absolute Gasteiger partial charge is 0.240 e. The van der Waals surface area contributed by atoms with E-state index < -0.39 is 20.8 Å². The van der Waals surface area contributed by atoms with Crippen LogP contribution < -0.4 is 16.2 Å². The Bertz CT molecular complexity index is 528. The van der Waals surface area contributed by atoms with Crippen LogP contribution in [0.1, 0.15) is 0 Å². The molecule has 5 N–H and O–H groups in total. The fourth-order valence-corrected chi connectivity index (χ4v) is 2.35. The summed E-state index contributed by atoms with van der Waals surface area (Å²) in [4.78, 5) is -0.111. The summed E-state index contributed by atoms with van der Waals surface area (Å²) < 4.78 is 33.3. The zero-order chi connectivity index (χ0) is 13.1. The lowest BCUT2D eigenvalue weighted by Crippen LogP contribution is -2.16. The lowest BCUT2D eigenvalue weighted by atomic mass is 10.2. The highest BCUT2D eigenvalue weighted by Gasteiger charge is 2.14. The number of primary sulfonamides is 1. The van der Waals surface area contributed by atoms with Crippen LogP contribution in [0.15, 0.2) is 23.1 Å². The van der Waals surface area contributed by atoms with Crippen molar-refractivity contribution in [2.75, 3.05) is 29.6 Å². The summed E-state index contributed by atoms with van der Waals surface area (Å²) in [5.41, 5.74) is 6.24. The first kappa shape index (κ1) is 13.9. The second kappa shape index (κ2) is 5.48. The first-order chi connectivity index (χ1) is 7.82. The molecule has 96 valence electrons. The molecule has 0 saturated heterocycles. The third-order valence-corrected chi connectivity index (χ3v) is 3.83. The molecule has 0 heterocycles. The lowest BCUT2D eigenvalue weighted by Gasteiger charge is -2.11. The van der Waals surface area contributed by atoms with E-state index >= 15 is 0 Å². The predicted molar refractivity (Wildman–Crippen MR) is 69.7 cm³/mol. The Morgan fingerprint density at radius 3 is 2.59 bits per heavy atom. The Morgan fingerprint density at radius 2 is 2.06 bits per heavy atom. The van der Waals surface area contributed by atoms with E-state index in [2.05, 4.69) is 5.32 Å². The van der Waals surface area contributed by atoms with Crippen molar-refractivity contribution in [3.8, 4) is 0 Å². The third-order valence-electron chi connectivity index (χ3n) is 2.08. The van der Waals surface area contributed by atoms with Crippen LogP contribution in [0.5, 0.6) is 0 Å². The SMILES string of the molecule is CS(=O)CCNc1cccc(S(N)(=O)=O)c1N. The minimum Gasteiger partial charge on any atom is -0.396 e. The summed E-state index contributed by atoms with van der Waals surface area (Å²) in [6.07, 6.45) is 1.59. The van der Waals surface area contributed by atoms with Gasteiger partial charge >= 0.3 is 0 Å². The van der Waals surface area contributed by atoms with Crippen molar-refractivity contribution in [1.82, 2.24) is 0 Å². The molecule has 0 aromatic heterocycles. The number of para-hydroxylation sites is 1. The fourth-order valence-electron chi connectivity index (χ4n) is 1.28. The van der Waals surface area contributed by atoms with E-state index in [1.165, 1.54) is 6.07 Å². The highest BCUT2D eigenvalue weighted by molar-refractivity contribution is 7.89. The molecule has 0 amide bonds. The summed E-state index contributed by atoms with van der Waals surface area (Å²) in [5, 5.41) is 7.94. The molecule has 0 spiro atoms. The van der Waals surface area contributed by atoms with Crippen molar-refractivity contribution in [1.29, 1.82) is 0 Å². The second-order valence-electron chi connectivity index (χ2n) is 3.47. The topological polar surface area (TPSA) is 115 Å². The molecule has 17 heavy (non-hydrogen) atoms. The molecule has 0 fully saturated rings. The van der Waals surface area contributed by atoms with E-state index in [0.29, 0.717) is 18.0 Å². The van der Waals surface area contributed by atoms with Gasteiger partial charge in [-0.05, 0) is 12.1 Å². The first-order valence-corrected chi connectivity index (χ1v) is 8.05. The van der Waals surface area contributed by atoms with Gasteiger partial charge in [0.15, 0.2) is 0 Å². The number of hydrogen-bond donors (Lipinski definition) is 3. The molecule has 1 unspecified atom stereocenters. The Morgan fingerprint density at radius 1 is 1.41 bits per heavy atom. The minimum atomic E-state index is -3.82. The quantitative estimate of drug-likeness (QED) is 0.639. The van der Waals surface area contributed by atoms with Crippen LogP contribution in [0.25, 0.3) is 0 Å². The molecule has 0 radical (unpaired) electrons. The molecule has 0 aliphatic heterocycles. The van der Waals surface area contributed by atoms with E-state index in [-0.39, 0.29) is 10.6 Å². The maximum atomic E-state index is 11.2. The van der Waals surface area contributed by atoms with Crippen molar-refractivity contribution in [2.45, 2.75) is 4.90 Å². The van der Waals surface area contributed by atoms with Crippen LogP contribution in [0.3, 0.4) is 0 Å². The van der Waals surface area contributed by atoms with E-state index in [1.54, 1.807) is 18.4 Å². The normalized spacial score (nSPS) is 13.3. The van der Waals surface area contributed by atoms with Gasteiger partial charge in [0.05, 0.1) is 11.4 Å². The Balaban J connectivity index is 2.92. The van der Waals surface area contributed by atoms with Crippen LogP contribution in [0.2, 0.25) is 0 Å². The van der Waals surface area contributed by atoms with Gasteiger partial charge in [0.2, 0.25) is 10.0 Å². The Kier molecular flexibility index (Phi) is 4.49. The predicted octanol–water partition coefficient (Wildman–Crippen LogP) is -0.293. The van der Waals surface area contributed by atoms with Crippen LogP contribution in [-0.4, -0.2) is 31.2 Å². The van der Waals surface area contributed by atoms with Crippen LogP contribution in [0, 0.1) is 0 Å². The zero-order valence-corrected chi connectivity index (χ0v) is 11.0. The van der Waals surface area contributed by atoms with Crippen LogP contribution >= 0.6 is 0 Å². The van der Waals surface area contributed by atoms with Crippen molar-refractivity contribution < 1.29 is 12.6 Å². The maximum absolute atomic E-state index is 11.2. The molecule has 1 aromatic carbocycles. The summed E-state index contributed by atoms with van der Waals surface area (Å²) in [6.45, 7) is 0.446. The van der Waals surface area contributed by atoms with Crippen molar-refractivity contribution >= 4 is 32.2 Å². The molecular formula is C9H15N3O3S2. The van der Waals surface area contributed by atoms with Crippen LogP contribution in [0.4, 0.5) is 11.4 Å². The van der Waals surface area contributed by atoms with Crippen molar-refractivity contribution in [3.63, 3.8) is 0 Å². The highest BCUT2D eigenvalue weighted by Crippen LogP contribution is 2.25. The number of nitrogens with two attached hydrogens (primary N) is 2. The number of rotatable bonds is 5. The number of hydrogen-bond acceptors (Lipinski definition) is 5. The molecule has 8 heteroatoms. The third kappa shape index (κ3) is 3.99. The molecule has 0 aliphatic rings. The van der Waals surface area contributed by atoms with Gasteiger partial charge in [-0.1, -0.05) is 6.07 Å². The monoisotopic (exact) mass is 277 g/mol. The number of nitrogens with one attached hydrogen (secondary N) is 1. The van der Waals surface area contributed by atoms with Gasteiger partial charge in [0.1, 0.15) is 4.90 Å². The van der Waals surface area contributed by atoms with Crippen LogP contribution in [-0.2, 0) is 20.8 Å². The number of sulfonamides is 1. The number of anilines is 2. The van der Waals surface area contributed by atoms with Gasteiger partial charge < -0.3 is 11.1 Å². The summed E-state index contributed by atoms with van der Waals surface area (Å²) in [7, 11) is -4.74. The van der Waals surface area contributed by atoms with Gasteiger partial charge in [-0.3, -0.25) is 4.21 Å². The summed E-state index contributed by atoms with van der Waals surface area (Å²) >= 11 is 0. The maximum Gasteiger partial charge on any atom is 0.240 e. The highest BCUT2D eigenvalue weighted by atomic mass is 32.2. The molecule has 0 saturated carbocycles. The Hall–Kier alpha value is -1.12. The average Bonchev–Trinajstić information content (AvgIpc) is 2.18. The second-order valence-corrected chi connectivity index (χ2v) is 6.55. The first-order valence-electron chi connectivity index (χ1n) is 4.77. The zero-order valence-electron chi connectivity index (χ0n) is 9.34. The molecule has 0 aliphatic carbocycles. The molecule has 0 bridgehead atoms. The number of nitrogen functional groups attached to an aromatic ring is 1. The molecule has 6 nitrogen and oxygen atoms in total. The van der Waals surface area contributed by atoms with E-state index in [1.807, 2.05) is 0 Å². The van der Waals surface area contributed by atoms with Crippen molar-refractivity contribution in [2.24, 2.45) is 5.14 Å². The van der Waals surface area contributed by atoms with Gasteiger partial charge in [-0.2, -0.15) is 0 Å².